The summed E-state index contributed by atoms with van der Waals surface area (Å²) in [5, 5.41) is 5.88. The van der Waals surface area contributed by atoms with Crippen LogP contribution in [0.5, 0.6) is 5.75 Å². The molecule has 0 saturated heterocycles. The number of anilines is 1. The van der Waals surface area contributed by atoms with Crippen LogP contribution in [-0.2, 0) is 4.79 Å². The molecule has 150 valence electrons. The average Bonchev–Trinajstić information content (AvgIpc) is 2.70. The highest BCUT2D eigenvalue weighted by atomic mass is 19.4. The van der Waals surface area contributed by atoms with Gasteiger partial charge >= 0.3 is 6.36 Å². The molecule has 0 aliphatic heterocycles. The molecule has 29 heavy (non-hydrogen) atoms. The number of carbonyl (C=O) groups is 1. The van der Waals surface area contributed by atoms with Crippen molar-refractivity contribution in [1.29, 1.82) is 0 Å². The Morgan fingerprint density at radius 1 is 0.828 bits per heavy atom. The van der Waals surface area contributed by atoms with Gasteiger partial charge in [0.25, 0.3) is 0 Å². The van der Waals surface area contributed by atoms with Gasteiger partial charge in [-0.3, -0.25) is 10.1 Å². The fourth-order valence-corrected chi connectivity index (χ4v) is 2.86. The Hall–Kier alpha value is -3.32. The fraction of sp³-hybridized carbons (Fsp3) is 0.136. The highest BCUT2D eigenvalue weighted by Crippen LogP contribution is 2.24. The molecule has 0 atom stereocenters. The smallest absolute Gasteiger partial charge is 0.406 e. The number of rotatable bonds is 7. The maximum absolute atomic E-state index is 12.3. The number of halogens is 3. The first-order valence-corrected chi connectivity index (χ1v) is 8.90. The number of nitrogens with one attached hydrogen (secondary N) is 2. The molecule has 7 heteroatoms. The molecule has 0 unspecified atom stereocenters. The molecule has 1 amide bonds. The molecule has 0 radical (unpaired) electrons. The third kappa shape index (κ3) is 6.36. The standard InChI is InChI=1S/C22H19F3N2O2/c23-22(24,25)29-19-13-11-18(12-14-19)27-20(28)15-26-21(16-7-3-1-4-8-16)17-9-5-2-6-10-17/h1-14,21,26H,15H2,(H,27,28). The summed E-state index contributed by atoms with van der Waals surface area (Å²) in [5.74, 6) is -0.659. The Labute approximate surface area is 166 Å². The van der Waals surface area contributed by atoms with Gasteiger partial charge in [0.15, 0.2) is 0 Å². The number of alkyl halides is 3. The molecule has 3 aromatic rings. The van der Waals surface area contributed by atoms with Crippen LogP contribution in [0.1, 0.15) is 17.2 Å². The Balaban J connectivity index is 1.62. The van der Waals surface area contributed by atoms with Crippen molar-refractivity contribution in [2.45, 2.75) is 12.4 Å². The number of ether oxygens (including phenoxy) is 1. The van der Waals surface area contributed by atoms with E-state index in [1.54, 1.807) is 0 Å². The van der Waals surface area contributed by atoms with Gasteiger partial charge < -0.3 is 10.1 Å². The van der Waals surface area contributed by atoms with Crippen LogP contribution in [-0.4, -0.2) is 18.8 Å². The van der Waals surface area contributed by atoms with Crippen LogP contribution in [0.4, 0.5) is 18.9 Å². The molecule has 3 rings (SSSR count). The zero-order chi connectivity index (χ0) is 20.7. The third-order valence-electron chi connectivity index (χ3n) is 4.10. The third-order valence-corrected chi connectivity index (χ3v) is 4.10. The minimum atomic E-state index is -4.75. The minimum Gasteiger partial charge on any atom is -0.406 e. The molecule has 3 aromatic carbocycles. The molecule has 2 N–H and O–H groups in total. The fourth-order valence-electron chi connectivity index (χ4n) is 2.86. The average molecular weight is 400 g/mol. The molecule has 0 heterocycles. The van der Waals surface area contributed by atoms with Crippen LogP contribution < -0.4 is 15.4 Å². The highest BCUT2D eigenvalue weighted by Gasteiger charge is 2.30. The number of carbonyl (C=O) groups excluding carboxylic acids is 1. The Morgan fingerprint density at radius 3 is 1.83 bits per heavy atom. The van der Waals surface area contributed by atoms with Gasteiger partial charge in [-0.25, -0.2) is 0 Å². The van der Waals surface area contributed by atoms with Crippen molar-refractivity contribution in [3.63, 3.8) is 0 Å². The van der Waals surface area contributed by atoms with Crippen LogP contribution in [0.3, 0.4) is 0 Å². The van der Waals surface area contributed by atoms with Crippen molar-refractivity contribution in [3.05, 3.63) is 96.1 Å². The molecule has 0 bridgehead atoms. The molecule has 0 aliphatic rings. The van der Waals surface area contributed by atoms with Crippen molar-refractivity contribution >= 4 is 11.6 Å². The van der Waals surface area contributed by atoms with Crippen molar-refractivity contribution in [2.75, 3.05) is 11.9 Å². The van der Waals surface area contributed by atoms with E-state index in [1.165, 1.54) is 12.1 Å². The van der Waals surface area contributed by atoms with Crippen LogP contribution in [0, 0.1) is 0 Å². The zero-order valence-corrected chi connectivity index (χ0v) is 15.3. The maximum atomic E-state index is 12.3. The lowest BCUT2D eigenvalue weighted by Crippen LogP contribution is -2.31. The number of hydrogen-bond donors (Lipinski definition) is 2. The highest BCUT2D eigenvalue weighted by molar-refractivity contribution is 5.92. The van der Waals surface area contributed by atoms with Gasteiger partial charge in [-0.05, 0) is 35.4 Å². The molecule has 0 saturated carbocycles. The first-order chi connectivity index (χ1) is 13.9. The Morgan fingerprint density at radius 2 is 1.34 bits per heavy atom. The Bertz CT molecular complexity index is 875. The van der Waals surface area contributed by atoms with Crippen molar-refractivity contribution in [1.82, 2.24) is 5.32 Å². The summed E-state index contributed by atoms with van der Waals surface area (Å²) in [4.78, 5) is 12.3. The number of hydrogen-bond acceptors (Lipinski definition) is 3. The lowest BCUT2D eigenvalue weighted by molar-refractivity contribution is -0.274. The quantitative estimate of drug-likeness (QED) is 0.593. The van der Waals surface area contributed by atoms with Gasteiger partial charge in [0.05, 0.1) is 12.6 Å². The van der Waals surface area contributed by atoms with Crippen molar-refractivity contribution in [3.8, 4) is 5.75 Å². The zero-order valence-electron chi connectivity index (χ0n) is 15.3. The summed E-state index contributed by atoms with van der Waals surface area (Å²) < 4.78 is 40.4. The predicted molar refractivity (Wildman–Crippen MR) is 104 cm³/mol. The van der Waals surface area contributed by atoms with E-state index >= 15 is 0 Å². The molecular weight excluding hydrogens is 381 g/mol. The molecular formula is C22H19F3N2O2. The summed E-state index contributed by atoms with van der Waals surface area (Å²) in [7, 11) is 0. The summed E-state index contributed by atoms with van der Waals surface area (Å²) >= 11 is 0. The van der Waals surface area contributed by atoms with Gasteiger partial charge in [-0.15, -0.1) is 13.2 Å². The minimum absolute atomic E-state index is 0.0231. The molecule has 0 fully saturated rings. The van der Waals surface area contributed by atoms with E-state index in [0.29, 0.717) is 5.69 Å². The van der Waals surface area contributed by atoms with Gasteiger partial charge in [-0.1, -0.05) is 60.7 Å². The van der Waals surface area contributed by atoms with Gasteiger partial charge in [0.1, 0.15) is 5.75 Å². The summed E-state index contributed by atoms with van der Waals surface area (Å²) in [6, 6.07) is 24.3. The summed E-state index contributed by atoms with van der Waals surface area (Å²) in [5.41, 5.74) is 2.41. The van der Waals surface area contributed by atoms with Crippen LogP contribution in [0.2, 0.25) is 0 Å². The second-order valence-corrected chi connectivity index (χ2v) is 6.26. The van der Waals surface area contributed by atoms with Gasteiger partial charge in [0, 0.05) is 5.69 Å². The SMILES string of the molecule is O=C(CNC(c1ccccc1)c1ccccc1)Nc1ccc(OC(F)(F)F)cc1. The van der Waals surface area contributed by atoms with Crippen LogP contribution in [0.15, 0.2) is 84.9 Å². The van der Waals surface area contributed by atoms with Crippen LogP contribution in [0.25, 0.3) is 0 Å². The van der Waals surface area contributed by atoms with E-state index in [9.17, 15) is 18.0 Å². The topological polar surface area (TPSA) is 50.4 Å². The second kappa shape index (κ2) is 9.25. The van der Waals surface area contributed by atoms with E-state index in [2.05, 4.69) is 15.4 Å². The summed E-state index contributed by atoms with van der Waals surface area (Å²) in [6.07, 6.45) is -4.75. The molecule has 0 aliphatic carbocycles. The Kier molecular flexibility index (Phi) is 6.51. The van der Waals surface area contributed by atoms with Gasteiger partial charge in [-0.2, -0.15) is 0 Å². The second-order valence-electron chi connectivity index (χ2n) is 6.26. The van der Waals surface area contributed by atoms with E-state index < -0.39 is 6.36 Å². The van der Waals surface area contributed by atoms with Crippen molar-refractivity contribution in [2.24, 2.45) is 0 Å². The monoisotopic (exact) mass is 400 g/mol. The lowest BCUT2D eigenvalue weighted by atomic mass is 9.99. The number of amides is 1. The summed E-state index contributed by atoms with van der Waals surface area (Å²) in [6.45, 7) is 0.0231. The first kappa shape index (κ1) is 20.4. The van der Waals surface area contributed by atoms with Crippen molar-refractivity contribution < 1.29 is 22.7 Å². The predicted octanol–water partition coefficient (Wildman–Crippen LogP) is 4.90. The van der Waals surface area contributed by atoms with E-state index in [0.717, 1.165) is 23.3 Å². The van der Waals surface area contributed by atoms with Crippen LogP contribution >= 0.6 is 0 Å². The molecule has 0 spiro atoms. The van der Waals surface area contributed by atoms with E-state index in [-0.39, 0.29) is 24.2 Å². The van der Waals surface area contributed by atoms with E-state index in [4.69, 9.17) is 0 Å². The van der Waals surface area contributed by atoms with E-state index in [1.807, 2.05) is 60.7 Å². The molecule has 0 aromatic heterocycles. The normalized spacial score (nSPS) is 11.3. The molecule has 4 nitrogen and oxygen atoms in total. The van der Waals surface area contributed by atoms with Gasteiger partial charge in [0.2, 0.25) is 5.91 Å². The maximum Gasteiger partial charge on any atom is 0.573 e. The number of benzene rings is 3. The first-order valence-electron chi connectivity index (χ1n) is 8.90. The lowest BCUT2D eigenvalue weighted by Gasteiger charge is -2.19. The largest absolute Gasteiger partial charge is 0.573 e.